The zero-order valence-corrected chi connectivity index (χ0v) is 6.77. The Hall–Kier alpha value is -0.0400. The van der Waals surface area contributed by atoms with Crippen LogP contribution in [0.2, 0.25) is 0 Å². The van der Waals surface area contributed by atoms with E-state index < -0.39 is 0 Å². The predicted molar refractivity (Wildman–Crippen MR) is 42.7 cm³/mol. The average Bonchev–Trinajstić information content (AvgIpc) is 2.20. The topological polar surface area (TPSA) is 26.0 Å². The van der Waals surface area contributed by atoms with E-state index in [2.05, 4.69) is 6.92 Å². The summed E-state index contributed by atoms with van der Waals surface area (Å²) >= 11 is 0. The van der Waals surface area contributed by atoms with E-state index in [1.54, 1.807) is 0 Å². The van der Waals surface area contributed by atoms with Gasteiger partial charge in [-0.15, -0.1) is 0 Å². The molecular weight excluding hydrogens is 122 g/mol. The first kappa shape index (κ1) is 6.66. The first-order chi connectivity index (χ1) is 4.71. The highest BCUT2D eigenvalue weighted by Gasteiger charge is 2.45. The third-order valence-electron chi connectivity index (χ3n) is 3.42. The molecule has 2 fully saturated rings. The second-order valence-electron chi connectivity index (χ2n) is 4.37. The molecule has 1 nitrogen and oxygen atoms in total. The van der Waals surface area contributed by atoms with Gasteiger partial charge in [-0.1, -0.05) is 13.3 Å². The fourth-order valence-corrected chi connectivity index (χ4v) is 3.01. The van der Waals surface area contributed by atoms with Gasteiger partial charge in [0, 0.05) is 5.54 Å². The fourth-order valence-electron chi connectivity index (χ4n) is 3.01. The zero-order chi connectivity index (χ0) is 7.19. The molecule has 2 N–H and O–H groups in total. The van der Waals surface area contributed by atoms with E-state index in [9.17, 15) is 0 Å². The Bertz CT molecular complexity index is 144. The molecule has 0 aliphatic heterocycles. The third kappa shape index (κ3) is 0.800. The van der Waals surface area contributed by atoms with Crippen molar-refractivity contribution < 1.29 is 0 Å². The smallest absolute Gasteiger partial charge is 0.0185 e. The van der Waals surface area contributed by atoms with Crippen LogP contribution in [0, 0.1) is 11.8 Å². The summed E-state index contributed by atoms with van der Waals surface area (Å²) in [6.07, 6.45) is 6.77. The fraction of sp³-hybridized carbons (Fsp3) is 1.00. The highest BCUT2D eigenvalue weighted by molar-refractivity contribution is 5.02. The van der Waals surface area contributed by atoms with Crippen LogP contribution in [-0.2, 0) is 0 Å². The molecule has 2 rings (SSSR count). The monoisotopic (exact) mass is 139 g/mol. The van der Waals surface area contributed by atoms with Crippen LogP contribution in [0.1, 0.15) is 39.0 Å². The molecule has 0 aromatic rings. The second-order valence-corrected chi connectivity index (χ2v) is 4.37. The van der Waals surface area contributed by atoms with E-state index in [1.165, 1.54) is 32.1 Å². The molecule has 2 aliphatic carbocycles. The Morgan fingerprint density at radius 2 is 2.30 bits per heavy atom. The van der Waals surface area contributed by atoms with Crippen molar-refractivity contribution >= 4 is 0 Å². The van der Waals surface area contributed by atoms with Crippen LogP contribution in [0.25, 0.3) is 0 Å². The van der Waals surface area contributed by atoms with Crippen molar-refractivity contribution in [1.82, 2.24) is 0 Å². The van der Waals surface area contributed by atoms with Crippen molar-refractivity contribution in [3.05, 3.63) is 0 Å². The van der Waals surface area contributed by atoms with Gasteiger partial charge in [0.25, 0.3) is 0 Å². The van der Waals surface area contributed by atoms with E-state index in [-0.39, 0.29) is 5.54 Å². The summed E-state index contributed by atoms with van der Waals surface area (Å²) in [6.45, 7) is 2.34. The summed E-state index contributed by atoms with van der Waals surface area (Å²) in [4.78, 5) is 0. The van der Waals surface area contributed by atoms with Gasteiger partial charge in [-0.2, -0.15) is 0 Å². The van der Waals surface area contributed by atoms with Crippen LogP contribution in [0.5, 0.6) is 0 Å². The van der Waals surface area contributed by atoms with Gasteiger partial charge in [-0.05, 0) is 37.5 Å². The van der Waals surface area contributed by atoms with Crippen molar-refractivity contribution in [1.29, 1.82) is 0 Å². The van der Waals surface area contributed by atoms with Crippen molar-refractivity contribution in [2.75, 3.05) is 0 Å². The summed E-state index contributed by atoms with van der Waals surface area (Å²) in [5.41, 5.74) is 6.53. The lowest BCUT2D eigenvalue weighted by molar-refractivity contribution is 0.369. The summed E-state index contributed by atoms with van der Waals surface area (Å²) in [6, 6.07) is 0. The van der Waals surface area contributed by atoms with Crippen LogP contribution >= 0.6 is 0 Å². The van der Waals surface area contributed by atoms with E-state index in [4.69, 9.17) is 5.73 Å². The van der Waals surface area contributed by atoms with Crippen molar-refractivity contribution in [2.24, 2.45) is 17.6 Å². The maximum atomic E-state index is 6.25. The molecule has 0 spiro atoms. The first-order valence-electron chi connectivity index (χ1n) is 4.49. The molecule has 0 saturated heterocycles. The van der Waals surface area contributed by atoms with Gasteiger partial charge in [-0.25, -0.2) is 0 Å². The normalized spacial score (nSPS) is 53.4. The molecular formula is C9H17N. The maximum absolute atomic E-state index is 6.25. The highest BCUT2D eigenvalue weighted by Crippen LogP contribution is 2.47. The molecule has 3 atom stereocenters. The van der Waals surface area contributed by atoms with Crippen LogP contribution in [0.15, 0.2) is 0 Å². The van der Waals surface area contributed by atoms with Gasteiger partial charge in [0.15, 0.2) is 0 Å². The van der Waals surface area contributed by atoms with Crippen LogP contribution < -0.4 is 5.73 Å². The van der Waals surface area contributed by atoms with Gasteiger partial charge in [0.2, 0.25) is 0 Å². The lowest BCUT2D eigenvalue weighted by Crippen LogP contribution is -2.39. The van der Waals surface area contributed by atoms with E-state index in [0.717, 1.165) is 11.8 Å². The Balaban J connectivity index is 2.15. The Morgan fingerprint density at radius 1 is 1.50 bits per heavy atom. The number of rotatable bonds is 0. The van der Waals surface area contributed by atoms with Gasteiger partial charge < -0.3 is 5.73 Å². The quantitative estimate of drug-likeness (QED) is 0.545. The third-order valence-corrected chi connectivity index (χ3v) is 3.42. The predicted octanol–water partition coefficient (Wildman–Crippen LogP) is 1.91. The Morgan fingerprint density at radius 3 is 3.00 bits per heavy atom. The second kappa shape index (κ2) is 1.97. The minimum atomic E-state index is 0.277. The average molecular weight is 139 g/mol. The molecule has 0 aromatic heterocycles. The number of fused-ring (bicyclic) bond motifs is 1. The molecule has 10 heavy (non-hydrogen) atoms. The zero-order valence-electron chi connectivity index (χ0n) is 6.77. The van der Waals surface area contributed by atoms with Crippen LogP contribution in [0.4, 0.5) is 0 Å². The number of nitrogens with two attached hydrogens (primary N) is 1. The molecule has 0 aromatic carbocycles. The van der Waals surface area contributed by atoms with Gasteiger partial charge in [-0.3, -0.25) is 0 Å². The maximum Gasteiger partial charge on any atom is 0.0185 e. The van der Waals surface area contributed by atoms with E-state index in [0.29, 0.717) is 0 Å². The molecule has 1 unspecified atom stereocenters. The van der Waals surface area contributed by atoms with Crippen molar-refractivity contribution in [2.45, 2.75) is 44.6 Å². The molecule has 0 bridgehead atoms. The molecule has 0 amide bonds. The van der Waals surface area contributed by atoms with E-state index in [1.807, 2.05) is 0 Å². The van der Waals surface area contributed by atoms with Crippen molar-refractivity contribution in [3.8, 4) is 0 Å². The Kier molecular flexibility index (Phi) is 1.31. The van der Waals surface area contributed by atoms with Gasteiger partial charge in [0.05, 0.1) is 0 Å². The van der Waals surface area contributed by atoms with Crippen molar-refractivity contribution in [3.63, 3.8) is 0 Å². The molecule has 2 saturated carbocycles. The minimum absolute atomic E-state index is 0.277. The Labute approximate surface area is 63.0 Å². The van der Waals surface area contributed by atoms with E-state index >= 15 is 0 Å². The molecule has 2 aliphatic rings. The van der Waals surface area contributed by atoms with Crippen LogP contribution in [-0.4, -0.2) is 5.54 Å². The highest BCUT2D eigenvalue weighted by atomic mass is 14.8. The summed E-state index contributed by atoms with van der Waals surface area (Å²) in [7, 11) is 0. The lowest BCUT2D eigenvalue weighted by atomic mass is 9.92. The van der Waals surface area contributed by atoms with Gasteiger partial charge in [0.1, 0.15) is 0 Å². The largest absolute Gasteiger partial charge is 0.325 e. The lowest BCUT2D eigenvalue weighted by Gasteiger charge is -2.23. The summed E-state index contributed by atoms with van der Waals surface area (Å²) in [5.74, 6) is 1.78. The molecule has 0 radical (unpaired) electrons. The standard InChI is InChI=1S/C9H17N/c1-7-5-8-3-2-4-9(8,10)6-7/h7-8H,2-6,10H2,1H3/t7?,8-,9-/m1/s1. The minimum Gasteiger partial charge on any atom is -0.325 e. The number of hydrogen-bond donors (Lipinski definition) is 1. The van der Waals surface area contributed by atoms with Gasteiger partial charge >= 0.3 is 0 Å². The summed E-state index contributed by atoms with van der Waals surface area (Å²) in [5, 5.41) is 0. The first-order valence-corrected chi connectivity index (χ1v) is 4.49. The molecule has 1 heteroatoms. The van der Waals surface area contributed by atoms with Crippen LogP contribution in [0.3, 0.4) is 0 Å². The summed E-state index contributed by atoms with van der Waals surface area (Å²) < 4.78 is 0. The molecule has 0 heterocycles. The number of hydrogen-bond acceptors (Lipinski definition) is 1. The SMILES string of the molecule is CC1C[C@H]2CCC[C@@]2(N)C1. The molecule has 58 valence electrons.